The van der Waals surface area contributed by atoms with Crippen molar-refractivity contribution in [2.45, 2.75) is 70.8 Å². The van der Waals surface area contributed by atoms with E-state index in [4.69, 9.17) is 10.5 Å². The third kappa shape index (κ3) is 7.46. The third-order valence-corrected chi connectivity index (χ3v) is 11.0. The number of unbranched alkanes of at least 4 members (excludes halogenated alkanes) is 2. The number of pyridine rings is 1. The zero-order valence-corrected chi connectivity index (χ0v) is 27.1. The smallest absolute Gasteiger partial charge is 0.258 e. The molecule has 0 radical (unpaired) electrons. The number of carbonyl (C=O) groups excluding carboxylic acids is 1. The molecule has 3 aromatic rings. The summed E-state index contributed by atoms with van der Waals surface area (Å²) >= 11 is 0. The zero-order chi connectivity index (χ0) is 31.3. The van der Waals surface area contributed by atoms with Crippen molar-refractivity contribution in [3.63, 3.8) is 0 Å². The van der Waals surface area contributed by atoms with E-state index in [-0.39, 0.29) is 11.7 Å². The van der Waals surface area contributed by atoms with E-state index in [1.807, 2.05) is 12.1 Å². The highest BCUT2D eigenvalue weighted by Gasteiger charge is 2.50. The van der Waals surface area contributed by atoms with Gasteiger partial charge in [-0.3, -0.25) is 14.7 Å². The van der Waals surface area contributed by atoms with Crippen LogP contribution in [-0.4, -0.2) is 65.0 Å². The SMILES string of the molecule is Nc1ncc(-c2ccc(N3CCN(CCCCCC(=O)NCC45CC6CC(CC(C6)C4)C5)CC3)cc2)nc1OCc1ccncc1. The second-order valence-electron chi connectivity index (χ2n) is 14.5. The van der Waals surface area contributed by atoms with Crippen LogP contribution in [0.15, 0.2) is 55.0 Å². The van der Waals surface area contributed by atoms with Crippen molar-refractivity contribution in [1.82, 2.24) is 25.2 Å². The van der Waals surface area contributed by atoms with Crippen LogP contribution in [0.4, 0.5) is 11.5 Å². The molecule has 1 amide bonds. The fraction of sp³-hybridized carbons (Fsp3) is 0.568. The molecule has 4 saturated carbocycles. The first-order valence-corrected chi connectivity index (χ1v) is 17.5. The minimum atomic E-state index is 0.272. The van der Waals surface area contributed by atoms with Crippen molar-refractivity contribution in [2.75, 3.05) is 49.9 Å². The van der Waals surface area contributed by atoms with Crippen molar-refractivity contribution in [3.8, 4) is 17.1 Å². The maximum absolute atomic E-state index is 12.6. The summed E-state index contributed by atoms with van der Waals surface area (Å²) in [6.07, 6.45) is 17.6. The number of nitrogens with zero attached hydrogens (tertiary/aromatic N) is 5. The van der Waals surface area contributed by atoms with Gasteiger partial charge in [-0.1, -0.05) is 18.6 Å². The molecule has 4 aliphatic carbocycles. The van der Waals surface area contributed by atoms with Crippen LogP contribution in [0.1, 0.15) is 69.8 Å². The Balaban J connectivity index is 0.795. The molecule has 8 rings (SSSR count). The molecule has 1 saturated heterocycles. The third-order valence-electron chi connectivity index (χ3n) is 11.0. The van der Waals surface area contributed by atoms with Crippen LogP contribution in [0.25, 0.3) is 11.3 Å². The fourth-order valence-electron chi connectivity index (χ4n) is 9.01. The summed E-state index contributed by atoms with van der Waals surface area (Å²) in [7, 11) is 0. The van der Waals surface area contributed by atoms with Gasteiger partial charge >= 0.3 is 0 Å². The van der Waals surface area contributed by atoms with E-state index in [0.717, 1.165) is 93.1 Å². The summed E-state index contributed by atoms with van der Waals surface area (Å²) in [5.74, 6) is 3.72. The zero-order valence-electron chi connectivity index (χ0n) is 27.1. The summed E-state index contributed by atoms with van der Waals surface area (Å²) < 4.78 is 5.86. The summed E-state index contributed by atoms with van der Waals surface area (Å²) in [5, 5.41) is 3.35. The molecule has 5 fully saturated rings. The van der Waals surface area contributed by atoms with E-state index < -0.39 is 0 Å². The first-order chi connectivity index (χ1) is 22.5. The second kappa shape index (κ2) is 14.0. The Morgan fingerprint density at radius 3 is 2.30 bits per heavy atom. The molecule has 3 N–H and O–H groups in total. The number of nitrogen functional groups attached to an aromatic ring is 1. The number of rotatable bonds is 13. The van der Waals surface area contributed by atoms with Crippen LogP contribution in [0.2, 0.25) is 0 Å². The Kier molecular flexibility index (Phi) is 9.38. The van der Waals surface area contributed by atoms with Crippen LogP contribution in [-0.2, 0) is 11.4 Å². The molecule has 3 heterocycles. The quantitative estimate of drug-likeness (QED) is 0.233. The molecular formula is C37H49N7O2. The van der Waals surface area contributed by atoms with Gasteiger partial charge in [0.2, 0.25) is 5.91 Å². The lowest BCUT2D eigenvalue weighted by molar-refractivity contribution is -0.123. The lowest BCUT2D eigenvalue weighted by Gasteiger charge is -2.56. The summed E-state index contributed by atoms with van der Waals surface area (Å²) in [4.78, 5) is 30.6. The molecule has 1 aromatic carbocycles. The van der Waals surface area contributed by atoms with Gasteiger partial charge in [0.1, 0.15) is 6.61 Å². The molecule has 0 spiro atoms. The fourth-order valence-corrected chi connectivity index (χ4v) is 9.01. The van der Waals surface area contributed by atoms with Crippen LogP contribution >= 0.6 is 0 Å². The van der Waals surface area contributed by atoms with Gasteiger partial charge in [0, 0.05) is 62.8 Å². The Morgan fingerprint density at radius 1 is 0.913 bits per heavy atom. The number of anilines is 2. The molecule has 0 unspecified atom stereocenters. The Morgan fingerprint density at radius 2 is 1.61 bits per heavy atom. The average Bonchev–Trinajstić information content (AvgIpc) is 3.07. The highest BCUT2D eigenvalue weighted by molar-refractivity contribution is 5.75. The number of ether oxygens (including phenoxy) is 1. The molecule has 244 valence electrons. The normalized spacial score (nSPS) is 25.5. The molecule has 9 nitrogen and oxygen atoms in total. The average molecular weight is 624 g/mol. The van der Waals surface area contributed by atoms with E-state index in [0.29, 0.717) is 24.3 Å². The standard InChI is InChI=1S/C37H49N7O2/c38-35-36(46-25-27-9-11-39-12-10-27)42-33(24-40-35)31-5-7-32(8-6-31)44-16-14-43(15-17-44)13-3-1-2-4-34(45)41-26-37-21-28-18-29(22-37)20-30(19-28)23-37/h5-12,24,28-30H,1-4,13-23,25-26H2,(H2,38,40)(H,41,45). The van der Waals surface area contributed by atoms with E-state index in [1.165, 1.54) is 44.2 Å². The maximum Gasteiger partial charge on any atom is 0.258 e. The number of carbonyl (C=O) groups is 1. The lowest BCUT2D eigenvalue weighted by Crippen LogP contribution is -2.51. The molecule has 9 heteroatoms. The Labute approximate surface area is 273 Å². The predicted molar refractivity (Wildman–Crippen MR) is 181 cm³/mol. The van der Waals surface area contributed by atoms with Crippen LogP contribution in [0.3, 0.4) is 0 Å². The first-order valence-electron chi connectivity index (χ1n) is 17.5. The van der Waals surface area contributed by atoms with Crippen molar-refractivity contribution >= 4 is 17.4 Å². The van der Waals surface area contributed by atoms with Gasteiger partial charge in [0.15, 0.2) is 5.82 Å². The topological polar surface area (TPSA) is 110 Å². The molecule has 0 atom stereocenters. The van der Waals surface area contributed by atoms with E-state index in [9.17, 15) is 4.79 Å². The predicted octanol–water partition coefficient (Wildman–Crippen LogP) is 5.71. The minimum Gasteiger partial charge on any atom is -0.470 e. The van der Waals surface area contributed by atoms with E-state index in [1.54, 1.807) is 18.6 Å². The van der Waals surface area contributed by atoms with Gasteiger partial charge < -0.3 is 20.7 Å². The number of piperazine rings is 1. The Hall–Kier alpha value is -3.72. The molecular weight excluding hydrogens is 574 g/mol. The van der Waals surface area contributed by atoms with E-state index >= 15 is 0 Å². The highest BCUT2D eigenvalue weighted by Crippen LogP contribution is 2.59. The number of hydrogen-bond acceptors (Lipinski definition) is 8. The molecule has 2 aromatic heterocycles. The maximum atomic E-state index is 12.6. The van der Waals surface area contributed by atoms with Gasteiger partial charge in [0.05, 0.1) is 11.9 Å². The molecule has 4 bridgehead atoms. The summed E-state index contributed by atoms with van der Waals surface area (Å²) in [5.41, 5.74) is 10.4. The number of benzene rings is 1. The number of nitrogens with two attached hydrogens (primary N) is 1. The van der Waals surface area contributed by atoms with Crippen LogP contribution in [0, 0.1) is 23.2 Å². The highest BCUT2D eigenvalue weighted by atomic mass is 16.5. The van der Waals surface area contributed by atoms with Gasteiger partial charge in [-0.2, -0.15) is 0 Å². The second-order valence-corrected chi connectivity index (χ2v) is 14.5. The Bertz CT molecular complexity index is 1420. The van der Waals surface area contributed by atoms with Crippen molar-refractivity contribution in [1.29, 1.82) is 0 Å². The molecule has 46 heavy (non-hydrogen) atoms. The van der Waals surface area contributed by atoms with Crippen molar-refractivity contribution in [2.24, 2.45) is 23.2 Å². The van der Waals surface area contributed by atoms with Gasteiger partial charge in [-0.15, -0.1) is 0 Å². The first kappa shape index (κ1) is 30.9. The van der Waals surface area contributed by atoms with Gasteiger partial charge in [-0.05, 0) is 111 Å². The van der Waals surface area contributed by atoms with Crippen LogP contribution in [0.5, 0.6) is 5.88 Å². The number of amides is 1. The number of nitrogens with one attached hydrogen (secondary N) is 1. The summed E-state index contributed by atoms with van der Waals surface area (Å²) in [6.45, 7) is 6.56. The lowest BCUT2D eigenvalue weighted by atomic mass is 9.49. The number of hydrogen-bond donors (Lipinski definition) is 2. The van der Waals surface area contributed by atoms with E-state index in [2.05, 4.69) is 54.3 Å². The van der Waals surface area contributed by atoms with Gasteiger partial charge in [-0.25, -0.2) is 9.97 Å². The largest absolute Gasteiger partial charge is 0.470 e. The summed E-state index contributed by atoms with van der Waals surface area (Å²) in [6, 6.07) is 12.3. The monoisotopic (exact) mass is 623 g/mol. The van der Waals surface area contributed by atoms with Crippen LogP contribution < -0.4 is 20.7 Å². The minimum absolute atomic E-state index is 0.272. The molecule has 1 aliphatic heterocycles. The van der Waals surface area contributed by atoms with Crippen molar-refractivity contribution < 1.29 is 9.53 Å². The molecule has 5 aliphatic rings. The number of aromatic nitrogens is 3. The van der Waals surface area contributed by atoms with Gasteiger partial charge in [0.25, 0.3) is 5.88 Å². The van der Waals surface area contributed by atoms with Crippen molar-refractivity contribution in [3.05, 3.63) is 60.6 Å².